The van der Waals surface area contributed by atoms with Crippen molar-refractivity contribution in [2.45, 2.75) is 26.4 Å². The van der Waals surface area contributed by atoms with E-state index in [9.17, 15) is 9.59 Å². The van der Waals surface area contributed by atoms with Crippen LogP contribution in [0.5, 0.6) is 5.75 Å². The molecule has 24 heavy (non-hydrogen) atoms. The summed E-state index contributed by atoms with van der Waals surface area (Å²) in [6, 6.07) is 5.35. The molecule has 1 amide bonds. The smallest absolute Gasteiger partial charge is 0.245 e. The van der Waals surface area contributed by atoms with Gasteiger partial charge in [-0.3, -0.25) is 9.59 Å². The third-order valence-corrected chi connectivity index (χ3v) is 4.58. The lowest BCUT2D eigenvalue weighted by Crippen LogP contribution is -2.43. The molecule has 6 nitrogen and oxygen atoms in total. The van der Waals surface area contributed by atoms with Gasteiger partial charge < -0.3 is 15.0 Å². The van der Waals surface area contributed by atoms with Crippen molar-refractivity contribution in [2.75, 3.05) is 23.3 Å². The lowest BCUT2D eigenvalue weighted by Gasteiger charge is -2.35. The van der Waals surface area contributed by atoms with Gasteiger partial charge >= 0.3 is 0 Å². The molecule has 3 rings (SSSR count). The van der Waals surface area contributed by atoms with Crippen molar-refractivity contribution < 1.29 is 14.3 Å². The van der Waals surface area contributed by atoms with Crippen LogP contribution in [0.3, 0.4) is 0 Å². The number of thiazole rings is 1. The Labute approximate surface area is 144 Å². The number of ether oxygens (including phenoxy) is 1. The maximum Gasteiger partial charge on any atom is 0.245 e. The van der Waals surface area contributed by atoms with Crippen molar-refractivity contribution >= 4 is 33.8 Å². The highest BCUT2D eigenvalue weighted by Crippen LogP contribution is 2.35. The summed E-state index contributed by atoms with van der Waals surface area (Å²) >= 11 is 1.38. The molecule has 1 unspecified atom stereocenters. The van der Waals surface area contributed by atoms with Crippen LogP contribution in [-0.2, 0) is 4.79 Å². The predicted molar refractivity (Wildman–Crippen MR) is 94.1 cm³/mol. The average molecular weight is 345 g/mol. The molecule has 2 aromatic rings. The Morgan fingerprint density at radius 2 is 2.29 bits per heavy atom. The number of aromatic nitrogens is 1. The number of carbonyl (C=O) groups is 2. The van der Waals surface area contributed by atoms with E-state index in [1.54, 1.807) is 24.4 Å². The second-order valence-corrected chi connectivity index (χ2v) is 6.55. The van der Waals surface area contributed by atoms with Gasteiger partial charge in [-0.1, -0.05) is 6.92 Å². The van der Waals surface area contributed by atoms with Crippen LogP contribution in [-0.4, -0.2) is 35.9 Å². The summed E-state index contributed by atoms with van der Waals surface area (Å²) in [5, 5.41) is 5.18. The molecular formula is C17H19N3O3S. The number of nitrogens with one attached hydrogen (secondary N) is 1. The number of rotatable bonds is 5. The van der Waals surface area contributed by atoms with Gasteiger partial charge in [-0.25, -0.2) is 4.98 Å². The summed E-state index contributed by atoms with van der Waals surface area (Å²) in [6.07, 6.45) is 2.52. The van der Waals surface area contributed by atoms with Gasteiger partial charge in [0.25, 0.3) is 0 Å². The van der Waals surface area contributed by atoms with E-state index in [1.165, 1.54) is 18.3 Å². The molecule has 7 heteroatoms. The molecule has 0 saturated carbocycles. The van der Waals surface area contributed by atoms with E-state index in [0.717, 1.165) is 12.1 Å². The van der Waals surface area contributed by atoms with Crippen LogP contribution >= 0.6 is 11.3 Å². The lowest BCUT2D eigenvalue weighted by atomic mass is 10.1. The standard InChI is InChI=1S/C17H19N3O3S/c1-3-13-9-20(10-16(22)19-17-18-6-7-24-17)14-8-12(11(2)21)4-5-15(14)23-13/h4-8,13H,3,9-10H2,1-2H3,(H,18,19,22). The number of nitrogens with zero attached hydrogens (tertiary/aromatic N) is 2. The van der Waals surface area contributed by atoms with E-state index in [2.05, 4.69) is 10.3 Å². The van der Waals surface area contributed by atoms with Gasteiger partial charge in [0.1, 0.15) is 11.9 Å². The molecule has 1 aromatic carbocycles. The molecule has 0 fully saturated rings. The van der Waals surface area contributed by atoms with E-state index in [1.807, 2.05) is 17.2 Å². The number of hydrogen-bond acceptors (Lipinski definition) is 6. The zero-order chi connectivity index (χ0) is 17.1. The van der Waals surface area contributed by atoms with Crippen molar-refractivity contribution in [2.24, 2.45) is 0 Å². The molecule has 0 saturated heterocycles. The maximum absolute atomic E-state index is 12.3. The van der Waals surface area contributed by atoms with Crippen molar-refractivity contribution in [3.63, 3.8) is 0 Å². The fraction of sp³-hybridized carbons (Fsp3) is 0.353. The number of ketones is 1. The number of carbonyl (C=O) groups excluding carboxylic acids is 2. The Balaban J connectivity index is 1.82. The summed E-state index contributed by atoms with van der Waals surface area (Å²) in [5.41, 5.74) is 1.39. The van der Waals surface area contributed by atoms with Crippen molar-refractivity contribution in [1.82, 2.24) is 4.98 Å². The monoisotopic (exact) mass is 345 g/mol. The van der Waals surface area contributed by atoms with E-state index in [0.29, 0.717) is 23.0 Å². The minimum atomic E-state index is -0.138. The van der Waals surface area contributed by atoms with Crippen molar-refractivity contribution in [3.05, 3.63) is 35.3 Å². The molecule has 1 aliphatic rings. The Kier molecular flexibility index (Phi) is 4.80. The molecule has 0 radical (unpaired) electrons. The molecule has 1 aromatic heterocycles. The van der Waals surface area contributed by atoms with Crippen LogP contribution in [0, 0.1) is 0 Å². The van der Waals surface area contributed by atoms with Gasteiger partial charge in [0.2, 0.25) is 5.91 Å². The van der Waals surface area contributed by atoms with Gasteiger partial charge in [0.15, 0.2) is 10.9 Å². The fourth-order valence-electron chi connectivity index (χ4n) is 2.62. The highest BCUT2D eigenvalue weighted by molar-refractivity contribution is 7.13. The molecule has 1 N–H and O–H groups in total. The van der Waals surface area contributed by atoms with Crippen LogP contribution in [0.2, 0.25) is 0 Å². The highest BCUT2D eigenvalue weighted by atomic mass is 32.1. The number of anilines is 2. The maximum atomic E-state index is 12.3. The largest absolute Gasteiger partial charge is 0.486 e. The number of fused-ring (bicyclic) bond motifs is 1. The van der Waals surface area contributed by atoms with Crippen molar-refractivity contribution in [1.29, 1.82) is 0 Å². The number of Topliss-reactive ketones (excluding diaryl/α,β-unsaturated/α-hetero) is 1. The zero-order valence-corrected chi connectivity index (χ0v) is 14.4. The summed E-state index contributed by atoms with van der Waals surface area (Å²) in [4.78, 5) is 30.0. The molecule has 2 heterocycles. The first kappa shape index (κ1) is 16.4. The predicted octanol–water partition coefficient (Wildman–Crippen LogP) is 2.96. The SMILES string of the molecule is CCC1CN(CC(=O)Nc2nccs2)c2cc(C(C)=O)ccc2O1. The minimum absolute atomic E-state index is 0.0115. The second-order valence-electron chi connectivity index (χ2n) is 5.65. The van der Waals surface area contributed by atoms with Crippen molar-refractivity contribution in [3.8, 4) is 5.75 Å². The first-order valence-corrected chi connectivity index (χ1v) is 8.70. The normalized spacial score (nSPS) is 16.2. The highest BCUT2D eigenvalue weighted by Gasteiger charge is 2.27. The number of benzene rings is 1. The summed E-state index contributed by atoms with van der Waals surface area (Å²) in [6.45, 7) is 4.37. The van der Waals surface area contributed by atoms with Crippen LogP contribution in [0.25, 0.3) is 0 Å². The summed E-state index contributed by atoms with van der Waals surface area (Å²) < 4.78 is 5.94. The van der Waals surface area contributed by atoms with Gasteiger partial charge in [0.05, 0.1) is 18.8 Å². The molecule has 0 spiro atoms. The Morgan fingerprint density at radius 3 is 2.96 bits per heavy atom. The third-order valence-electron chi connectivity index (χ3n) is 3.89. The van der Waals surface area contributed by atoms with Gasteiger partial charge in [-0.2, -0.15) is 0 Å². The summed E-state index contributed by atoms with van der Waals surface area (Å²) in [7, 11) is 0. The second kappa shape index (κ2) is 7.00. The topological polar surface area (TPSA) is 71.5 Å². The third kappa shape index (κ3) is 3.56. The first-order chi connectivity index (χ1) is 11.6. The van der Waals surface area contributed by atoms with E-state index in [4.69, 9.17) is 4.74 Å². The molecule has 1 aliphatic heterocycles. The quantitative estimate of drug-likeness (QED) is 0.844. The van der Waals surface area contributed by atoms with Crippen LogP contribution < -0.4 is 15.0 Å². The molecule has 1 atom stereocenters. The van der Waals surface area contributed by atoms with E-state index in [-0.39, 0.29) is 24.3 Å². The Hall–Kier alpha value is -2.41. The Bertz CT molecular complexity index is 746. The molecular weight excluding hydrogens is 326 g/mol. The Morgan fingerprint density at radius 1 is 1.46 bits per heavy atom. The first-order valence-electron chi connectivity index (χ1n) is 7.82. The van der Waals surface area contributed by atoms with Crippen LogP contribution in [0.15, 0.2) is 29.8 Å². The number of hydrogen-bond donors (Lipinski definition) is 1. The van der Waals surface area contributed by atoms with Gasteiger partial charge in [0, 0.05) is 17.1 Å². The summed E-state index contributed by atoms with van der Waals surface area (Å²) in [5.74, 6) is 0.559. The van der Waals surface area contributed by atoms with Crippen LogP contribution in [0.1, 0.15) is 30.6 Å². The van der Waals surface area contributed by atoms with Gasteiger partial charge in [-0.15, -0.1) is 11.3 Å². The minimum Gasteiger partial charge on any atom is -0.486 e. The average Bonchev–Trinajstić information content (AvgIpc) is 3.06. The fourth-order valence-corrected chi connectivity index (χ4v) is 3.17. The molecule has 0 bridgehead atoms. The van der Waals surface area contributed by atoms with Gasteiger partial charge in [-0.05, 0) is 31.5 Å². The van der Waals surface area contributed by atoms with Crippen LogP contribution in [0.4, 0.5) is 10.8 Å². The number of amides is 1. The lowest BCUT2D eigenvalue weighted by molar-refractivity contribution is -0.115. The zero-order valence-electron chi connectivity index (χ0n) is 13.6. The molecule has 126 valence electrons. The van der Waals surface area contributed by atoms with E-state index >= 15 is 0 Å². The molecule has 0 aliphatic carbocycles. The van der Waals surface area contributed by atoms with E-state index < -0.39 is 0 Å².